The predicted octanol–water partition coefficient (Wildman–Crippen LogP) is 3.93. The Morgan fingerprint density at radius 2 is 1.74 bits per heavy atom. The van der Waals surface area contributed by atoms with Gasteiger partial charge < -0.3 is 14.9 Å². The first-order chi connectivity index (χ1) is 18.7. The quantitative estimate of drug-likeness (QED) is 0.400. The molecular weight excluding hydrogens is 521 g/mol. The Bertz CT molecular complexity index is 1580. The minimum Gasteiger partial charge on any atom is -0.384 e. The maximum absolute atomic E-state index is 13.5. The Labute approximate surface area is 230 Å². The summed E-state index contributed by atoms with van der Waals surface area (Å²) in [6.07, 6.45) is 15.5. The van der Waals surface area contributed by atoms with Crippen LogP contribution in [0.1, 0.15) is 25.8 Å². The van der Waals surface area contributed by atoms with Crippen molar-refractivity contribution < 1.29 is 9.50 Å². The van der Waals surface area contributed by atoms with Crippen molar-refractivity contribution >= 4 is 28.9 Å². The Balaban J connectivity index is 1.18. The number of aromatic nitrogens is 7. The molecule has 1 aliphatic carbocycles. The van der Waals surface area contributed by atoms with Gasteiger partial charge in [-0.05, 0) is 25.5 Å². The van der Waals surface area contributed by atoms with Crippen LogP contribution in [0.15, 0.2) is 61.4 Å². The third-order valence-corrected chi connectivity index (χ3v) is 8.40. The van der Waals surface area contributed by atoms with E-state index in [-0.39, 0.29) is 5.83 Å². The van der Waals surface area contributed by atoms with E-state index in [4.69, 9.17) is 11.6 Å². The molecule has 1 aliphatic heterocycles. The number of piperazine rings is 1. The lowest BCUT2D eigenvalue weighted by Gasteiger charge is -2.41. The summed E-state index contributed by atoms with van der Waals surface area (Å²) in [5.41, 5.74) is 1.19. The smallest absolute Gasteiger partial charge is 0.225 e. The first kappa shape index (κ1) is 25.4. The Kier molecular flexibility index (Phi) is 6.15. The van der Waals surface area contributed by atoms with Crippen molar-refractivity contribution in [3.63, 3.8) is 0 Å². The molecule has 39 heavy (non-hydrogen) atoms. The molecule has 10 nitrogen and oxygen atoms in total. The van der Waals surface area contributed by atoms with Gasteiger partial charge in [0.1, 0.15) is 17.7 Å². The third kappa shape index (κ3) is 4.35. The molecule has 0 amide bonds. The topological polar surface area (TPSA) is 101 Å². The number of aryl methyl sites for hydroxylation is 1. The fraction of sp³-hybridized carbons (Fsp3) is 0.370. The molecule has 5 heterocycles. The Morgan fingerprint density at radius 1 is 1.03 bits per heavy atom. The van der Waals surface area contributed by atoms with E-state index in [1.54, 1.807) is 40.8 Å². The summed E-state index contributed by atoms with van der Waals surface area (Å²) in [5.74, 6) is 1.08. The highest BCUT2D eigenvalue weighted by Gasteiger charge is 2.43. The lowest BCUT2D eigenvalue weighted by Crippen LogP contribution is -2.47. The Morgan fingerprint density at radius 3 is 2.38 bits per heavy atom. The van der Waals surface area contributed by atoms with Crippen molar-refractivity contribution in [1.82, 2.24) is 34.3 Å². The molecule has 2 atom stereocenters. The van der Waals surface area contributed by atoms with Gasteiger partial charge in [0.05, 0.1) is 16.8 Å². The minimum atomic E-state index is -1.26. The molecule has 202 valence electrons. The largest absolute Gasteiger partial charge is 0.384 e. The van der Waals surface area contributed by atoms with Gasteiger partial charge in [-0.25, -0.2) is 23.9 Å². The monoisotopic (exact) mass is 549 g/mol. The fourth-order valence-electron chi connectivity index (χ4n) is 5.21. The van der Waals surface area contributed by atoms with Crippen molar-refractivity contribution in [2.24, 2.45) is 12.5 Å². The molecule has 0 bridgehead atoms. The second-order valence-corrected chi connectivity index (χ2v) is 10.9. The van der Waals surface area contributed by atoms with Crippen LogP contribution in [0, 0.1) is 5.41 Å². The second-order valence-electron chi connectivity index (χ2n) is 10.5. The lowest BCUT2D eigenvalue weighted by atomic mass is 9.67. The normalized spacial score (nSPS) is 21.3. The molecule has 1 N–H and O–H groups in total. The summed E-state index contributed by atoms with van der Waals surface area (Å²) in [7, 11) is 1.87. The van der Waals surface area contributed by atoms with Gasteiger partial charge in [0.25, 0.3) is 0 Å². The summed E-state index contributed by atoms with van der Waals surface area (Å²) >= 11 is 6.83. The van der Waals surface area contributed by atoms with Gasteiger partial charge in [-0.3, -0.25) is 4.68 Å². The van der Waals surface area contributed by atoms with E-state index in [1.807, 2.05) is 26.4 Å². The molecular formula is C27H29ClFN9O. The maximum atomic E-state index is 13.5. The first-order valence-corrected chi connectivity index (χ1v) is 13.1. The highest BCUT2D eigenvalue weighted by molar-refractivity contribution is 6.37. The Hall–Kier alpha value is -3.83. The minimum absolute atomic E-state index is 0.287. The highest BCUT2D eigenvalue weighted by Crippen LogP contribution is 2.46. The number of nitrogens with zero attached hydrogens (tertiary/aromatic N) is 9. The van der Waals surface area contributed by atoms with E-state index in [0.29, 0.717) is 49.1 Å². The van der Waals surface area contributed by atoms with Crippen LogP contribution < -0.4 is 9.80 Å². The number of aliphatic hydroxyl groups is 1. The van der Waals surface area contributed by atoms with Gasteiger partial charge in [-0.1, -0.05) is 24.6 Å². The lowest BCUT2D eigenvalue weighted by molar-refractivity contribution is -0.0405. The van der Waals surface area contributed by atoms with Crippen molar-refractivity contribution in [2.45, 2.75) is 25.9 Å². The summed E-state index contributed by atoms with van der Waals surface area (Å²) in [6, 6.07) is 0. The van der Waals surface area contributed by atoms with Crippen LogP contribution >= 0.6 is 11.6 Å². The van der Waals surface area contributed by atoms with Crippen LogP contribution in [-0.2, 0) is 12.6 Å². The molecule has 2 aliphatic rings. The predicted molar refractivity (Wildman–Crippen MR) is 147 cm³/mol. The molecule has 4 aromatic rings. The molecule has 0 spiro atoms. The van der Waals surface area contributed by atoms with E-state index in [0.717, 1.165) is 22.5 Å². The van der Waals surface area contributed by atoms with E-state index in [9.17, 15) is 9.50 Å². The van der Waals surface area contributed by atoms with Crippen LogP contribution in [0.3, 0.4) is 0 Å². The standard InChI is InChI=1S/C27H29ClFN9O/c1-26(6-4-20(29)5-7-26)27(2,39)19-13-30-25(31-14-19)37-10-8-36(9-11-37)24-23-22(28)21(16-38(23)34-17-32-24)18-12-33-35(3)15-18/h4-6,12-17,39H,7-11H2,1-3H3. The van der Waals surface area contributed by atoms with Gasteiger partial charge in [0.2, 0.25) is 5.95 Å². The van der Waals surface area contributed by atoms with Crippen LogP contribution in [0.25, 0.3) is 16.6 Å². The van der Waals surface area contributed by atoms with E-state index in [2.05, 4.69) is 34.9 Å². The SMILES string of the molecule is Cn1cc(-c2cn3ncnc(N4CCN(c5ncc(C(C)(O)C6(C)C=CC(F)=CC6)cn5)CC4)c3c2Cl)cn1. The molecule has 6 rings (SSSR count). The number of allylic oxidation sites excluding steroid dienone is 3. The first-order valence-electron chi connectivity index (χ1n) is 12.8. The number of halogens is 2. The van der Waals surface area contributed by atoms with Crippen molar-refractivity contribution in [3.8, 4) is 11.1 Å². The molecule has 1 fully saturated rings. The summed E-state index contributed by atoms with van der Waals surface area (Å²) in [6.45, 7) is 6.38. The molecule has 0 saturated carbocycles. The average Bonchev–Trinajstić information content (AvgIpc) is 3.53. The number of hydrogen-bond donors (Lipinski definition) is 1. The third-order valence-electron chi connectivity index (χ3n) is 8.01. The van der Waals surface area contributed by atoms with E-state index in [1.165, 1.54) is 18.5 Å². The van der Waals surface area contributed by atoms with Gasteiger partial charge in [0.15, 0.2) is 5.82 Å². The molecule has 4 aromatic heterocycles. The summed E-state index contributed by atoms with van der Waals surface area (Å²) in [4.78, 5) is 18.0. The molecule has 1 saturated heterocycles. The number of fused-ring (bicyclic) bond motifs is 1. The van der Waals surface area contributed by atoms with Crippen LogP contribution in [0.5, 0.6) is 0 Å². The van der Waals surface area contributed by atoms with Crippen molar-refractivity contribution in [3.05, 3.63) is 72.0 Å². The second kappa shape index (κ2) is 9.42. The molecule has 2 unspecified atom stereocenters. The van der Waals surface area contributed by atoms with Crippen molar-refractivity contribution in [1.29, 1.82) is 0 Å². The van der Waals surface area contributed by atoms with Crippen molar-refractivity contribution in [2.75, 3.05) is 36.0 Å². The summed E-state index contributed by atoms with van der Waals surface area (Å²) < 4.78 is 17.0. The number of rotatable bonds is 5. The number of anilines is 2. The fourth-order valence-corrected chi connectivity index (χ4v) is 5.54. The van der Waals surface area contributed by atoms with Gasteiger partial charge in [-0.2, -0.15) is 10.2 Å². The van der Waals surface area contributed by atoms with Crippen LogP contribution in [0.4, 0.5) is 16.2 Å². The van der Waals surface area contributed by atoms with Gasteiger partial charge in [0, 0.05) is 80.1 Å². The van der Waals surface area contributed by atoms with Crippen LogP contribution in [-0.4, -0.2) is 65.6 Å². The number of hydrogen-bond acceptors (Lipinski definition) is 8. The average molecular weight is 550 g/mol. The highest BCUT2D eigenvalue weighted by atomic mass is 35.5. The summed E-state index contributed by atoms with van der Waals surface area (Å²) in [5, 5.41) is 20.6. The van der Waals surface area contributed by atoms with E-state index >= 15 is 0 Å². The van der Waals surface area contributed by atoms with Gasteiger partial charge in [-0.15, -0.1) is 0 Å². The zero-order valence-corrected chi connectivity index (χ0v) is 22.7. The zero-order valence-electron chi connectivity index (χ0n) is 22.0. The van der Waals surface area contributed by atoms with E-state index < -0.39 is 11.0 Å². The zero-order chi connectivity index (χ0) is 27.4. The maximum Gasteiger partial charge on any atom is 0.225 e. The molecule has 12 heteroatoms. The van der Waals surface area contributed by atoms with Gasteiger partial charge >= 0.3 is 0 Å². The molecule has 0 aromatic carbocycles. The molecule has 0 radical (unpaired) electrons. The van der Waals surface area contributed by atoms with Crippen LogP contribution in [0.2, 0.25) is 5.02 Å².